The van der Waals surface area contributed by atoms with E-state index in [1.54, 1.807) is 49.4 Å². The van der Waals surface area contributed by atoms with E-state index in [0.29, 0.717) is 16.7 Å². The second-order valence-electron chi connectivity index (χ2n) is 8.79. The molecule has 0 aromatic heterocycles. The first-order valence-electron chi connectivity index (χ1n) is 11.9. The van der Waals surface area contributed by atoms with E-state index in [1.165, 1.54) is 12.2 Å². The molecular weight excluding hydrogens is 460 g/mol. The number of allylic oxidation sites excluding steroid dienone is 8. The van der Waals surface area contributed by atoms with Crippen molar-refractivity contribution in [2.75, 3.05) is 19.8 Å². The van der Waals surface area contributed by atoms with Crippen molar-refractivity contribution >= 4 is 11.1 Å². The monoisotopic (exact) mass is 490 g/mol. The molecule has 1 fully saturated rings. The van der Waals surface area contributed by atoms with Crippen molar-refractivity contribution in [1.82, 2.24) is 0 Å². The van der Waals surface area contributed by atoms with Crippen molar-refractivity contribution in [1.29, 1.82) is 0 Å². The van der Waals surface area contributed by atoms with Crippen LogP contribution in [0.3, 0.4) is 0 Å². The Balaban J connectivity index is 1.49. The van der Waals surface area contributed by atoms with Crippen LogP contribution in [0.5, 0.6) is 0 Å². The van der Waals surface area contributed by atoms with Gasteiger partial charge in [0.2, 0.25) is 0 Å². The van der Waals surface area contributed by atoms with E-state index < -0.39 is 24.7 Å². The number of hydrogen-bond acceptors (Lipinski definition) is 3. The van der Waals surface area contributed by atoms with Crippen LogP contribution in [0.2, 0.25) is 0 Å². The molecule has 0 saturated carbocycles. The number of hydrogen-bond donors (Lipinski definition) is 0. The molecule has 1 heterocycles. The first-order chi connectivity index (χ1) is 16.9. The Morgan fingerprint density at radius 3 is 1.97 bits per heavy atom. The van der Waals surface area contributed by atoms with Gasteiger partial charge in [-0.15, -0.1) is 0 Å². The van der Waals surface area contributed by atoms with E-state index in [9.17, 15) is 13.2 Å². The zero-order chi connectivity index (χ0) is 24.9. The highest BCUT2D eigenvalue weighted by Gasteiger charge is 2.37. The Kier molecular flexibility index (Phi) is 8.29. The van der Waals surface area contributed by atoms with E-state index in [1.807, 2.05) is 13.0 Å². The molecule has 7 heteroatoms. The average Bonchev–Trinajstić information content (AvgIpc) is 2.87. The highest BCUT2D eigenvalue weighted by molar-refractivity contribution is 5.77. The molecule has 3 aliphatic rings. The van der Waals surface area contributed by atoms with Crippen molar-refractivity contribution in [3.63, 3.8) is 0 Å². The Bertz CT molecular complexity index is 1030. The lowest BCUT2D eigenvalue weighted by atomic mass is 9.84. The maximum Gasteiger partial charge on any atom is 0.192 e. The third-order valence-electron chi connectivity index (χ3n) is 6.42. The van der Waals surface area contributed by atoms with Crippen LogP contribution in [0.4, 0.5) is 17.6 Å². The Morgan fingerprint density at radius 1 is 0.800 bits per heavy atom. The summed E-state index contributed by atoms with van der Waals surface area (Å²) < 4.78 is 75.6. The Hall–Kier alpha value is -2.64. The normalized spacial score (nSPS) is 31.5. The smallest absolute Gasteiger partial charge is 0.192 e. The first kappa shape index (κ1) is 25.5. The third kappa shape index (κ3) is 5.62. The molecule has 1 saturated heterocycles. The molecule has 2 aliphatic carbocycles. The predicted octanol–water partition coefficient (Wildman–Crippen LogP) is 6.64. The minimum Gasteiger partial charge on any atom is -0.491 e. The van der Waals surface area contributed by atoms with Gasteiger partial charge in [0, 0.05) is 5.92 Å². The van der Waals surface area contributed by atoms with Crippen LogP contribution in [0, 0.1) is 5.92 Å². The van der Waals surface area contributed by atoms with E-state index in [4.69, 9.17) is 14.2 Å². The minimum absolute atomic E-state index is 0.0499. The van der Waals surface area contributed by atoms with Crippen LogP contribution in [0.1, 0.15) is 31.4 Å². The van der Waals surface area contributed by atoms with E-state index in [-0.39, 0.29) is 48.9 Å². The van der Waals surface area contributed by atoms with Crippen molar-refractivity contribution in [3.8, 4) is 0 Å². The van der Waals surface area contributed by atoms with Crippen molar-refractivity contribution < 1.29 is 31.8 Å². The highest BCUT2D eigenvalue weighted by atomic mass is 19.2. The van der Waals surface area contributed by atoms with Crippen molar-refractivity contribution in [3.05, 3.63) is 83.2 Å². The predicted molar refractivity (Wildman–Crippen MR) is 128 cm³/mol. The molecule has 0 bridgehead atoms. The topological polar surface area (TPSA) is 27.7 Å². The summed E-state index contributed by atoms with van der Waals surface area (Å²) in [5.41, 5.74) is 1.64. The Labute approximate surface area is 203 Å². The summed E-state index contributed by atoms with van der Waals surface area (Å²) in [4.78, 5) is 0. The van der Waals surface area contributed by atoms with Gasteiger partial charge < -0.3 is 14.2 Å². The number of benzene rings is 1. The Morgan fingerprint density at radius 2 is 1.37 bits per heavy atom. The lowest BCUT2D eigenvalue weighted by molar-refractivity contribution is -0.185. The molecule has 0 N–H and O–H groups in total. The van der Waals surface area contributed by atoms with Crippen LogP contribution in [-0.2, 0) is 14.2 Å². The molecule has 4 rings (SSSR count). The van der Waals surface area contributed by atoms with Gasteiger partial charge in [-0.1, -0.05) is 61.6 Å². The SMILES string of the molecule is CC/C=C/COC1=CC=C(c2ccc(C3=CC=C(C4COC(C)OC4)C(F)C3F)cc2)C(F)C1F. The maximum absolute atomic E-state index is 15.1. The second-order valence-corrected chi connectivity index (χ2v) is 8.79. The van der Waals surface area contributed by atoms with Gasteiger partial charge in [-0.2, -0.15) is 0 Å². The second kappa shape index (κ2) is 11.4. The lowest BCUT2D eigenvalue weighted by Crippen LogP contribution is -2.36. The number of halogens is 4. The molecular formula is C28H30F4O3. The average molecular weight is 491 g/mol. The molecule has 188 valence electrons. The quantitative estimate of drug-likeness (QED) is 0.317. The number of alkyl halides is 4. The summed E-state index contributed by atoms with van der Waals surface area (Å²) in [6.07, 6.45) is 2.76. The molecule has 35 heavy (non-hydrogen) atoms. The number of rotatable bonds is 7. The molecule has 4 unspecified atom stereocenters. The van der Waals surface area contributed by atoms with Gasteiger partial charge >= 0.3 is 0 Å². The van der Waals surface area contributed by atoms with Crippen LogP contribution >= 0.6 is 0 Å². The molecule has 3 nitrogen and oxygen atoms in total. The fourth-order valence-corrected chi connectivity index (χ4v) is 4.38. The summed E-state index contributed by atoms with van der Waals surface area (Å²) >= 11 is 0. The summed E-state index contributed by atoms with van der Waals surface area (Å²) in [5.74, 6) is -0.386. The zero-order valence-corrected chi connectivity index (χ0v) is 19.8. The van der Waals surface area contributed by atoms with Gasteiger partial charge in [-0.25, -0.2) is 17.6 Å². The highest BCUT2D eigenvalue weighted by Crippen LogP contribution is 2.37. The van der Waals surface area contributed by atoms with Crippen LogP contribution in [-0.4, -0.2) is 50.8 Å². The van der Waals surface area contributed by atoms with E-state index in [0.717, 1.165) is 6.42 Å². The first-order valence-corrected chi connectivity index (χ1v) is 11.9. The molecule has 0 spiro atoms. The fourth-order valence-electron chi connectivity index (χ4n) is 4.38. The van der Waals surface area contributed by atoms with Gasteiger partial charge in [0.05, 0.1) is 13.2 Å². The molecule has 1 aliphatic heterocycles. The maximum atomic E-state index is 15.1. The third-order valence-corrected chi connectivity index (χ3v) is 6.42. The summed E-state index contributed by atoms with van der Waals surface area (Å²) in [6, 6.07) is 6.38. The fraction of sp³-hybridized carbons (Fsp3) is 0.429. The molecule has 0 radical (unpaired) electrons. The largest absolute Gasteiger partial charge is 0.491 e. The molecule has 4 atom stereocenters. The molecule has 1 aromatic carbocycles. The summed E-state index contributed by atoms with van der Waals surface area (Å²) in [6.45, 7) is 4.47. The van der Waals surface area contributed by atoms with Crippen LogP contribution in [0.25, 0.3) is 11.1 Å². The van der Waals surface area contributed by atoms with Crippen LogP contribution in [0.15, 0.2) is 72.1 Å². The van der Waals surface area contributed by atoms with Gasteiger partial charge in [-0.05, 0) is 47.3 Å². The van der Waals surface area contributed by atoms with Gasteiger partial charge in [-0.3, -0.25) is 0 Å². The lowest BCUT2D eigenvalue weighted by Gasteiger charge is -2.33. The van der Waals surface area contributed by atoms with Crippen molar-refractivity contribution in [2.45, 2.75) is 51.2 Å². The van der Waals surface area contributed by atoms with E-state index >= 15 is 4.39 Å². The van der Waals surface area contributed by atoms with Crippen molar-refractivity contribution in [2.24, 2.45) is 5.92 Å². The molecule has 0 amide bonds. The standard InChI is InChI=1S/C28H30F4O3/c1-3-4-5-14-33-24-13-12-22(27(31)28(24)32)19-8-6-18(7-9-19)21-10-11-23(26(30)25(21)29)20-15-34-17(2)35-16-20/h4-13,17,20,25-28H,3,14-16H2,1-2H3/b5-4+. The molecule has 1 aromatic rings. The van der Waals surface area contributed by atoms with Gasteiger partial charge in [0.1, 0.15) is 12.4 Å². The zero-order valence-electron chi connectivity index (χ0n) is 19.8. The number of ether oxygens (including phenoxy) is 3. The van der Waals surface area contributed by atoms with Gasteiger partial charge in [0.25, 0.3) is 0 Å². The van der Waals surface area contributed by atoms with E-state index in [2.05, 4.69) is 0 Å². The van der Waals surface area contributed by atoms with Gasteiger partial charge in [0.15, 0.2) is 31.0 Å². The summed E-state index contributed by atoms with van der Waals surface area (Å²) in [7, 11) is 0. The van der Waals surface area contributed by atoms with Crippen LogP contribution < -0.4 is 0 Å². The minimum atomic E-state index is -1.91. The summed E-state index contributed by atoms with van der Waals surface area (Å²) in [5, 5.41) is 0.